The molecule has 1 atom stereocenters. The maximum Gasteiger partial charge on any atom is 0.167 e. The molecule has 118 valence electrons. The number of hydrogen-bond donors (Lipinski definition) is 2. The predicted octanol–water partition coefficient (Wildman–Crippen LogP) is 3.11. The Balaban J connectivity index is 1.58. The van der Waals surface area contributed by atoms with Crippen LogP contribution in [0.4, 0.5) is 0 Å². The van der Waals surface area contributed by atoms with E-state index in [0.29, 0.717) is 6.61 Å². The lowest BCUT2D eigenvalue weighted by Crippen LogP contribution is -2.14. The van der Waals surface area contributed by atoms with Crippen LogP contribution in [0.15, 0.2) is 24.3 Å². The molecule has 2 N–H and O–H groups in total. The van der Waals surface area contributed by atoms with E-state index in [1.165, 1.54) is 12.0 Å². The quantitative estimate of drug-likeness (QED) is 0.910. The van der Waals surface area contributed by atoms with Gasteiger partial charge < -0.3 is 10.1 Å². The van der Waals surface area contributed by atoms with Crippen LogP contribution in [-0.2, 0) is 12.0 Å². The third kappa shape index (κ3) is 3.47. The molecule has 5 nitrogen and oxygen atoms in total. The van der Waals surface area contributed by atoms with Crippen LogP contribution in [0.25, 0.3) is 0 Å². The first-order chi connectivity index (χ1) is 10.5. The lowest BCUT2D eigenvalue weighted by molar-refractivity contribution is 0.296. The van der Waals surface area contributed by atoms with Crippen molar-refractivity contribution >= 4 is 0 Å². The van der Waals surface area contributed by atoms with Gasteiger partial charge in [0.25, 0.3) is 0 Å². The van der Waals surface area contributed by atoms with Gasteiger partial charge in [-0.05, 0) is 42.5 Å². The predicted molar refractivity (Wildman–Crippen MR) is 85.8 cm³/mol. The Labute approximate surface area is 131 Å². The monoisotopic (exact) mass is 300 g/mol. The molecule has 0 spiro atoms. The highest BCUT2D eigenvalue weighted by atomic mass is 16.5. The molecule has 0 saturated carbocycles. The van der Waals surface area contributed by atoms with E-state index in [-0.39, 0.29) is 11.5 Å². The van der Waals surface area contributed by atoms with Crippen LogP contribution in [0.2, 0.25) is 0 Å². The molecule has 0 radical (unpaired) electrons. The van der Waals surface area contributed by atoms with Gasteiger partial charge in [0.1, 0.15) is 12.4 Å². The second kappa shape index (κ2) is 6.08. The van der Waals surface area contributed by atoms with Crippen molar-refractivity contribution in [3.8, 4) is 5.75 Å². The smallest absolute Gasteiger partial charge is 0.167 e. The number of rotatable bonds is 4. The maximum absolute atomic E-state index is 5.78. The third-order valence-corrected chi connectivity index (χ3v) is 4.02. The van der Waals surface area contributed by atoms with Crippen molar-refractivity contribution in [1.29, 1.82) is 0 Å². The molecule has 1 aromatic heterocycles. The van der Waals surface area contributed by atoms with E-state index in [9.17, 15) is 0 Å². The highest BCUT2D eigenvalue weighted by Crippen LogP contribution is 2.24. The molecule has 2 aromatic rings. The van der Waals surface area contributed by atoms with Crippen LogP contribution >= 0.6 is 0 Å². The van der Waals surface area contributed by atoms with Crippen molar-refractivity contribution in [2.24, 2.45) is 0 Å². The molecule has 5 heteroatoms. The summed E-state index contributed by atoms with van der Waals surface area (Å²) < 4.78 is 5.78. The lowest BCUT2D eigenvalue weighted by atomic mass is 9.87. The van der Waals surface area contributed by atoms with E-state index in [0.717, 1.165) is 30.4 Å². The summed E-state index contributed by atoms with van der Waals surface area (Å²) in [5.41, 5.74) is 1.46. The average molecular weight is 300 g/mol. The summed E-state index contributed by atoms with van der Waals surface area (Å²) in [4.78, 5) is 4.51. The molecule has 1 aliphatic heterocycles. The van der Waals surface area contributed by atoms with Gasteiger partial charge in [0.05, 0.1) is 6.04 Å². The molecule has 3 rings (SSSR count). The van der Waals surface area contributed by atoms with E-state index < -0.39 is 0 Å². The number of nitrogens with one attached hydrogen (secondary N) is 2. The van der Waals surface area contributed by atoms with Crippen molar-refractivity contribution in [2.45, 2.75) is 51.7 Å². The van der Waals surface area contributed by atoms with Gasteiger partial charge in [0.15, 0.2) is 11.6 Å². The molecule has 0 aliphatic carbocycles. The van der Waals surface area contributed by atoms with Gasteiger partial charge in [0.2, 0.25) is 0 Å². The summed E-state index contributed by atoms with van der Waals surface area (Å²) in [6.45, 7) is 8.07. The van der Waals surface area contributed by atoms with Crippen LogP contribution in [0, 0.1) is 0 Å². The van der Waals surface area contributed by atoms with Crippen molar-refractivity contribution in [2.75, 3.05) is 6.54 Å². The van der Waals surface area contributed by atoms with Gasteiger partial charge in [-0.25, -0.2) is 4.98 Å². The van der Waals surface area contributed by atoms with Crippen molar-refractivity contribution in [1.82, 2.24) is 20.5 Å². The summed E-state index contributed by atoms with van der Waals surface area (Å²) in [6.07, 6.45) is 2.29. The maximum atomic E-state index is 5.78. The second-order valence-corrected chi connectivity index (χ2v) is 6.85. The van der Waals surface area contributed by atoms with Gasteiger partial charge in [-0.3, -0.25) is 5.10 Å². The third-order valence-electron chi connectivity index (χ3n) is 4.02. The minimum Gasteiger partial charge on any atom is -0.486 e. The number of aromatic nitrogens is 3. The van der Waals surface area contributed by atoms with Gasteiger partial charge in [-0.15, -0.1) is 0 Å². The van der Waals surface area contributed by atoms with E-state index in [1.807, 2.05) is 12.1 Å². The van der Waals surface area contributed by atoms with E-state index >= 15 is 0 Å². The highest BCUT2D eigenvalue weighted by Gasteiger charge is 2.20. The van der Waals surface area contributed by atoms with Gasteiger partial charge in [-0.1, -0.05) is 32.9 Å². The fourth-order valence-electron chi connectivity index (χ4n) is 2.64. The first-order valence-electron chi connectivity index (χ1n) is 7.90. The topological polar surface area (TPSA) is 62.8 Å². The molecule has 0 bridgehead atoms. The minimum atomic E-state index is 0.159. The number of H-pyrrole nitrogens is 1. The van der Waals surface area contributed by atoms with Gasteiger partial charge in [-0.2, -0.15) is 5.10 Å². The molecular weight excluding hydrogens is 276 g/mol. The number of hydrogen-bond acceptors (Lipinski definition) is 4. The summed E-state index contributed by atoms with van der Waals surface area (Å²) in [7, 11) is 0. The lowest BCUT2D eigenvalue weighted by Gasteiger charge is -2.19. The van der Waals surface area contributed by atoms with Crippen molar-refractivity contribution in [3.05, 3.63) is 41.5 Å². The summed E-state index contributed by atoms with van der Waals surface area (Å²) >= 11 is 0. The molecule has 1 fully saturated rings. The van der Waals surface area contributed by atoms with Crippen LogP contribution in [0.3, 0.4) is 0 Å². The molecule has 1 aromatic carbocycles. The van der Waals surface area contributed by atoms with Crippen LogP contribution in [0.5, 0.6) is 5.75 Å². The molecule has 1 aliphatic rings. The number of nitrogens with zero attached hydrogens (tertiary/aromatic N) is 2. The zero-order valence-electron chi connectivity index (χ0n) is 13.5. The van der Waals surface area contributed by atoms with Crippen LogP contribution < -0.4 is 10.1 Å². The van der Waals surface area contributed by atoms with Crippen LogP contribution in [0.1, 0.15) is 56.9 Å². The molecule has 2 heterocycles. The van der Waals surface area contributed by atoms with E-state index in [4.69, 9.17) is 4.74 Å². The Kier molecular flexibility index (Phi) is 4.16. The standard InChI is InChI=1S/C17H24N4O/c1-17(2,3)12-6-8-13(9-7-12)22-11-15-19-16(21-20-15)14-5-4-10-18-14/h6-9,14,18H,4-5,10-11H2,1-3H3,(H,19,20,21)/t14-/m1/s1. The first kappa shape index (κ1) is 15.0. The number of aromatic amines is 1. The Hall–Kier alpha value is -1.88. The summed E-state index contributed by atoms with van der Waals surface area (Å²) in [5.74, 6) is 2.47. The average Bonchev–Trinajstić information content (AvgIpc) is 3.15. The number of ether oxygens (including phenoxy) is 1. The fraction of sp³-hybridized carbons (Fsp3) is 0.529. The highest BCUT2D eigenvalue weighted by molar-refractivity contribution is 5.31. The second-order valence-electron chi connectivity index (χ2n) is 6.85. The first-order valence-corrected chi connectivity index (χ1v) is 7.90. The van der Waals surface area contributed by atoms with Gasteiger partial charge in [0, 0.05) is 0 Å². The minimum absolute atomic E-state index is 0.159. The van der Waals surface area contributed by atoms with Crippen LogP contribution in [-0.4, -0.2) is 21.7 Å². The Morgan fingerprint density at radius 2 is 2.00 bits per heavy atom. The summed E-state index contributed by atoms with van der Waals surface area (Å²) in [5, 5.41) is 10.6. The Morgan fingerprint density at radius 1 is 1.23 bits per heavy atom. The van der Waals surface area contributed by atoms with Crippen molar-refractivity contribution in [3.63, 3.8) is 0 Å². The van der Waals surface area contributed by atoms with E-state index in [1.54, 1.807) is 0 Å². The van der Waals surface area contributed by atoms with E-state index in [2.05, 4.69) is 53.4 Å². The largest absolute Gasteiger partial charge is 0.486 e. The number of benzene rings is 1. The zero-order chi connectivity index (χ0) is 15.6. The molecule has 22 heavy (non-hydrogen) atoms. The van der Waals surface area contributed by atoms with Crippen molar-refractivity contribution < 1.29 is 4.74 Å². The molecule has 0 amide bonds. The molecule has 1 saturated heterocycles. The zero-order valence-corrected chi connectivity index (χ0v) is 13.5. The Morgan fingerprint density at radius 3 is 2.64 bits per heavy atom. The van der Waals surface area contributed by atoms with Gasteiger partial charge >= 0.3 is 0 Å². The molecular formula is C17H24N4O. The normalized spacial score (nSPS) is 18.6. The Bertz CT molecular complexity index is 606. The fourth-order valence-corrected chi connectivity index (χ4v) is 2.64. The molecule has 0 unspecified atom stereocenters. The SMILES string of the molecule is CC(C)(C)c1ccc(OCc2nc([C@H]3CCCN3)n[nH]2)cc1. The summed E-state index contributed by atoms with van der Waals surface area (Å²) in [6, 6.07) is 8.54.